The molecule has 102 valence electrons. The predicted molar refractivity (Wildman–Crippen MR) is 72.8 cm³/mol. The van der Waals surface area contributed by atoms with E-state index >= 15 is 0 Å². The van der Waals surface area contributed by atoms with Gasteiger partial charge in [0, 0.05) is 25.4 Å². The van der Waals surface area contributed by atoms with Crippen molar-refractivity contribution < 1.29 is 4.79 Å². The number of anilines is 1. The molecule has 2 aromatic rings. The fourth-order valence-electron chi connectivity index (χ4n) is 1.78. The third-order valence-corrected chi connectivity index (χ3v) is 3.18. The Bertz CT molecular complexity index is 550. The second-order valence-corrected chi connectivity index (χ2v) is 5.21. The van der Waals surface area contributed by atoms with Crippen LogP contribution < -0.4 is 5.32 Å². The third-order valence-electron chi connectivity index (χ3n) is 2.58. The normalized spacial score (nSPS) is 10.9. The van der Waals surface area contributed by atoms with Crippen molar-refractivity contribution in [1.82, 2.24) is 24.9 Å². The molecule has 0 fully saturated rings. The van der Waals surface area contributed by atoms with E-state index in [0.717, 1.165) is 11.3 Å². The molecule has 19 heavy (non-hydrogen) atoms. The molecule has 2 heterocycles. The Morgan fingerprint density at radius 3 is 2.95 bits per heavy atom. The molecule has 0 bridgehead atoms. The van der Waals surface area contributed by atoms with Crippen molar-refractivity contribution >= 4 is 22.4 Å². The molecule has 1 amide bonds. The van der Waals surface area contributed by atoms with E-state index in [1.165, 1.54) is 11.3 Å². The number of carbonyl (C=O) groups excluding carboxylic acids is 1. The molecule has 2 aromatic heterocycles. The van der Waals surface area contributed by atoms with E-state index in [1.54, 1.807) is 10.2 Å². The number of nitrogens with zero attached hydrogens (tertiary/aromatic N) is 5. The lowest BCUT2D eigenvalue weighted by Crippen LogP contribution is -2.29. The van der Waals surface area contributed by atoms with Crippen molar-refractivity contribution in [3.63, 3.8) is 0 Å². The summed E-state index contributed by atoms with van der Waals surface area (Å²) in [6, 6.07) is 0. The number of aryl methyl sites for hydroxylation is 2. The van der Waals surface area contributed by atoms with Crippen molar-refractivity contribution in [3.8, 4) is 0 Å². The van der Waals surface area contributed by atoms with Gasteiger partial charge in [0.15, 0.2) is 0 Å². The summed E-state index contributed by atoms with van der Waals surface area (Å²) < 4.78 is 1.78. The van der Waals surface area contributed by atoms with Crippen LogP contribution in [0.5, 0.6) is 0 Å². The van der Waals surface area contributed by atoms with Crippen LogP contribution in [0.15, 0.2) is 11.7 Å². The standard InChI is InChI=1S/C11H16N6OS/c1-8-9(5-17(3)15-8)4-16(2)6-10(18)13-11-14-12-7-19-11/h5,7H,4,6H2,1-3H3,(H,13,14,18). The summed E-state index contributed by atoms with van der Waals surface area (Å²) in [4.78, 5) is 13.7. The molecule has 0 unspecified atom stereocenters. The van der Waals surface area contributed by atoms with Gasteiger partial charge in [-0.1, -0.05) is 11.3 Å². The number of carbonyl (C=O) groups is 1. The molecule has 0 atom stereocenters. The molecule has 8 heteroatoms. The first-order valence-electron chi connectivity index (χ1n) is 5.78. The topological polar surface area (TPSA) is 75.9 Å². The molecule has 0 radical (unpaired) electrons. The molecular weight excluding hydrogens is 264 g/mol. The largest absolute Gasteiger partial charge is 0.299 e. The van der Waals surface area contributed by atoms with Crippen LogP contribution in [-0.4, -0.2) is 44.4 Å². The number of hydrogen-bond acceptors (Lipinski definition) is 6. The minimum Gasteiger partial charge on any atom is -0.299 e. The predicted octanol–water partition coefficient (Wildman–Crippen LogP) is 0.651. The van der Waals surface area contributed by atoms with E-state index < -0.39 is 0 Å². The Kier molecular flexibility index (Phi) is 4.23. The Hall–Kier alpha value is -1.80. The summed E-state index contributed by atoms with van der Waals surface area (Å²) in [6.07, 6.45) is 1.97. The van der Waals surface area contributed by atoms with Gasteiger partial charge in [0.1, 0.15) is 5.51 Å². The third kappa shape index (κ3) is 3.83. The van der Waals surface area contributed by atoms with Gasteiger partial charge in [0.25, 0.3) is 0 Å². The zero-order valence-electron chi connectivity index (χ0n) is 11.1. The quantitative estimate of drug-likeness (QED) is 0.870. The van der Waals surface area contributed by atoms with E-state index in [1.807, 2.05) is 32.1 Å². The Balaban J connectivity index is 1.85. The average Bonchev–Trinajstić information content (AvgIpc) is 2.89. The van der Waals surface area contributed by atoms with Gasteiger partial charge >= 0.3 is 0 Å². The van der Waals surface area contributed by atoms with Crippen LogP contribution in [0.25, 0.3) is 0 Å². The number of likely N-dealkylation sites (N-methyl/N-ethyl adjacent to an activating group) is 1. The van der Waals surface area contributed by atoms with Crippen LogP contribution in [0.2, 0.25) is 0 Å². The monoisotopic (exact) mass is 280 g/mol. The van der Waals surface area contributed by atoms with Crippen LogP contribution in [0.4, 0.5) is 5.13 Å². The molecule has 2 rings (SSSR count). The lowest BCUT2D eigenvalue weighted by atomic mass is 10.2. The second-order valence-electron chi connectivity index (χ2n) is 4.38. The van der Waals surface area contributed by atoms with Crippen LogP contribution in [-0.2, 0) is 18.4 Å². The molecule has 0 saturated carbocycles. The Morgan fingerprint density at radius 2 is 2.37 bits per heavy atom. The molecule has 0 spiro atoms. The maximum absolute atomic E-state index is 11.8. The van der Waals surface area contributed by atoms with E-state index in [9.17, 15) is 4.79 Å². The van der Waals surface area contributed by atoms with Gasteiger partial charge in [-0.15, -0.1) is 10.2 Å². The number of nitrogens with one attached hydrogen (secondary N) is 1. The number of hydrogen-bond donors (Lipinski definition) is 1. The van der Waals surface area contributed by atoms with E-state index in [-0.39, 0.29) is 5.91 Å². The van der Waals surface area contributed by atoms with Gasteiger partial charge < -0.3 is 0 Å². The summed E-state index contributed by atoms with van der Waals surface area (Å²) in [5, 5.41) is 14.9. The molecule has 0 aliphatic carbocycles. The lowest BCUT2D eigenvalue weighted by Gasteiger charge is -2.14. The van der Waals surface area contributed by atoms with Crippen molar-refractivity contribution in [2.75, 3.05) is 18.9 Å². The Morgan fingerprint density at radius 1 is 1.58 bits per heavy atom. The van der Waals surface area contributed by atoms with Gasteiger partial charge in [-0.2, -0.15) is 5.10 Å². The molecule has 0 aromatic carbocycles. The highest BCUT2D eigenvalue weighted by Gasteiger charge is 2.11. The zero-order valence-corrected chi connectivity index (χ0v) is 11.9. The molecule has 0 aliphatic rings. The minimum atomic E-state index is -0.0965. The summed E-state index contributed by atoms with van der Waals surface area (Å²) in [6.45, 7) is 2.95. The maximum Gasteiger partial charge on any atom is 0.240 e. The lowest BCUT2D eigenvalue weighted by molar-refractivity contribution is -0.117. The minimum absolute atomic E-state index is 0.0965. The highest BCUT2D eigenvalue weighted by Crippen LogP contribution is 2.09. The molecule has 7 nitrogen and oxygen atoms in total. The highest BCUT2D eigenvalue weighted by molar-refractivity contribution is 7.13. The van der Waals surface area contributed by atoms with Crippen molar-refractivity contribution in [1.29, 1.82) is 0 Å². The SMILES string of the molecule is Cc1nn(C)cc1CN(C)CC(=O)Nc1nncs1. The van der Waals surface area contributed by atoms with E-state index in [0.29, 0.717) is 18.2 Å². The number of rotatable bonds is 5. The summed E-state index contributed by atoms with van der Waals surface area (Å²) in [7, 11) is 3.78. The molecule has 0 saturated heterocycles. The van der Waals surface area contributed by atoms with Gasteiger partial charge in [-0.05, 0) is 14.0 Å². The first kappa shape index (κ1) is 13.6. The van der Waals surface area contributed by atoms with Crippen LogP contribution in [0, 0.1) is 6.92 Å². The zero-order chi connectivity index (χ0) is 13.8. The van der Waals surface area contributed by atoms with Gasteiger partial charge in [-0.25, -0.2) is 0 Å². The van der Waals surface area contributed by atoms with E-state index in [2.05, 4.69) is 20.6 Å². The van der Waals surface area contributed by atoms with Crippen LogP contribution in [0.3, 0.4) is 0 Å². The van der Waals surface area contributed by atoms with E-state index in [4.69, 9.17) is 0 Å². The Labute approximate surface area is 115 Å². The van der Waals surface area contributed by atoms with Crippen LogP contribution in [0.1, 0.15) is 11.3 Å². The first-order valence-corrected chi connectivity index (χ1v) is 6.66. The first-order chi connectivity index (χ1) is 9.04. The maximum atomic E-state index is 11.8. The summed E-state index contributed by atoms with van der Waals surface area (Å²) in [5.41, 5.74) is 3.69. The van der Waals surface area contributed by atoms with Crippen LogP contribution >= 0.6 is 11.3 Å². The smallest absolute Gasteiger partial charge is 0.240 e. The summed E-state index contributed by atoms with van der Waals surface area (Å²) >= 11 is 1.30. The van der Waals surface area contributed by atoms with Gasteiger partial charge in [0.05, 0.1) is 12.2 Å². The van der Waals surface area contributed by atoms with Crippen molar-refractivity contribution in [3.05, 3.63) is 23.0 Å². The van der Waals surface area contributed by atoms with Crippen molar-refractivity contribution in [2.24, 2.45) is 7.05 Å². The van der Waals surface area contributed by atoms with Gasteiger partial charge in [0.2, 0.25) is 11.0 Å². The average molecular weight is 280 g/mol. The molecule has 0 aliphatic heterocycles. The highest BCUT2D eigenvalue weighted by atomic mass is 32.1. The van der Waals surface area contributed by atoms with Gasteiger partial charge in [-0.3, -0.25) is 19.7 Å². The number of aromatic nitrogens is 4. The molecular formula is C11H16N6OS. The van der Waals surface area contributed by atoms with Crippen molar-refractivity contribution in [2.45, 2.75) is 13.5 Å². The fraction of sp³-hybridized carbons (Fsp3) is 0.455. The summed E-state index contributed by atoms with van der Waals surface area (Å²) in [5.74, 6) is -0.0965. The fourth-order valence-corrected chi connectivity index (χ4v) is 2.24. The molecule has 1 N–H and O–H groups in total. The second kappa shape index (κ2) is 5.89. The number of amides is 1.